The number of hydrogen-bond acceptors (Lipinski definition) is 2. The van der Waals surface area contributed by atoms with Crippen LogP contribution in [0.15, 0.2) is 0 Å². The van der Waals surface area contributed by atoms with Gasteiger partial charge in [0.05, 0.1) is 18.6 Å². The van der Waals surface area contributed by atoms with Crippen molar-refractivity contribution in [3.8, 4) is 6.07 Å². The first kappa shape index (κ1) is 9.66. The highest BCUT2D eigenvalue weighted by atomic mass is 16.3. The summed E-state index contributed by atoms with van der Waals surface area (Å²) in [4.78, 5) is 0. The average molecular weight is 205 g/mol. The molecule has 0 aliphatic heterocycles. The molecule has 4 fully saturated rings. The average Bonchev–Trinajstić information content (AvgIpc) is 2.15. The fraction of sp³-hybridized carbons (Fsp3) is 0.923. The molecule has 0 aromatic heterocycles. The predicted octanol–water partition coefficient (Wildman–Crippen LogP) is 2.48. The molecule has 4 aliphatic carbocycles. The summed E-state index contributed by atoms with van der Waals surface area (Å²) in [6.07, 6.45) is 7.78. The van der Waals surface area contributed by atoms with Gasteiger partial charge in [0.2, 0.25) is 0 Å². The fourth-order valence-corrected chi connectivity index (χ4v) is 4.89. The van der Waals surface area contributed by atoms with Gasteiger partial charge in [-0.05, 0) is 61.7 Å². The number of nitriles is 1. The van der Waals surface area contributed by atoms with Crippen molar-refractivity contribution in [2.24, 2.45) is 23.2 Å². The molecule has 0 heterocycles. The van der Waals surface area contributed by atoms with E-state index in [2.05, 4.69) is 6.07 Å². The summed E-state index contributed by atoms with van der Waals surface area (Å²) in [6, 6.07) is 2.14. The SMILES string of the molecule is N#CCC(O)C12CC3CC(CC(C3)C1)C2. The number of aliphatic hydroxyl groups excluding tert-OH is 1. The van der Waals surface area contributed by atoms with E-state index >= 15 is 0 Å². The third kappa shape index (κ3) is 1.40. The Hall–Kier alpha value is -0.550. The first-order valence-electron chi connectivity index (χ1n) is 6.27. The molecule has 1 N–H and O–H groups in total. The van der Waals surface area contributed by atoms with E-state index in [4.69, 9.17) is 5.26 Å². The van der Waals surface area contributed by atoms with Gasteiger partial charge >= 0.3 is 0 Å². The predicted molar refractivity (Wildman–Crippen MR) is 56.8 cm³/mol. The van der Waals surface area contributed by atoms with E-state index in [-0.39, 0.29) is 11.5 Å². The van der Waals surface area contributed by atoms with Gasteiger partial charge in [-0.25, -0.2) is 0 Å². The normalized spacial score (nSPS) is 48.9. The third-order valence-corrected chi connectivity index (χ3v) is 5.08. The van der Waals surface area contributed by atoms with Crippen molar-refractivity contribution in [2.45, 2.75) is 51.0 Å². The Balaban J connectivity index is 1.84. The van der Waals surface area contributed by atoms with Gasteiger partial charge in [0, 0.05) is 0 Å². The van der Waals surface area contributed by atoms with Crippen LogP contribution in [0.1, 0.15) is 44.9 Å². The van der Waals surface area contributed by atoms with Crippen molar-refractivity contribution < 1.29 is 5.11 Å². The minimum Gasteiger partial charge on any atom is -0.391 e. The summed E-state index contributed by atoms with van der Waals surface area (Å²) in [6.45, 7) is 0. The summed E-state index contributed by atoms with van der Waals surface area (Å²) in [5.74, 6) is 2.60. The van der Waals surface area contributed by atoms with E-state index in [1.165, 1.54) is 38.5 Å². The van der Waals surface area contributed by atoms with Crippen LogP contribution in [0.2, 0.25) is 0 Å². The minimum atomic E-state index is -0.351. The van der Waals surface area contributed by atoms with Crippen molar-refractivity contribution in [3.63, 3.8) is 0 Å². The van der Waals surface area contributed by atoms with E-state index in [0.717, 1.165) is 17.8 Å². The molecule has 1 atom stereocenters. The number of nitrogens with zero attached hydrogens (tertiary/aromatic N) is 1. The van der Waals surface area contributed by atoms with E-state index in [1.54, 1.807) is 0 Å². The second kappa shape index (κ2) is 3.22. The lowest BCUT2D eigenvalue weighted by Gasteiger charge is -2.58. The molecule has 2 heteroatoms. The van der Waals surface area contributed by atoms with Crippen molar-refractivity contribution in [3.05, 3.63) is 0 Å². The molecule has 4 bridgehead atoms. The number of hydrogen-bond donors (Lipinski definition) is 1. The van der Waals surface area contributed by atoms with Gasteiger partial charge in [-0.15, -0.1) is 0 Å². The molecular formula is C13H19NO. The monoisotopic (exact) mass is 205 g/mol. The smallest absolute Gasteiger partial charge is 0.0726 e. The Morgan fingerprint density at radius 1 is 1.13 bits per heavy atom. The molecule has 4 rings (SSSR count). The van der Waals surface area contributed by atoms with Crippen LogP contribution in [0.25, 0.3) is 0 Å². The summed E-state index contributed by atoms with van der Waals surface area (Å²) < 4.78 is 0. The summed E-state index contributed by atoms with van der Waals surface area (Å²) >= 11 is 0. The molecule has 0 aromatic rings. The maximum atomic E-state index is 10.2. The van der Waals surface area contributed by atoms with Crippen LogP contribution in [0.3, 0.4) is 0 Å². The highest BCUT2D eigenvalue weighted by Crippen LogP contribution is 2.61. The second-order valence-corrected chi connectivity index (χ2v) is 6.16. The first-order chi connectivity index (χ1) is 7.22. The first-order valence-corrected chi connectivity index (χ1v) is 6.27. The van der Waals surface area contributed by atoms with E-state index < -0.39 is 0 Å². The fourth-order valence-electron chi connectivity index (χ4n) is 4.89. The summed E-state index contributed by atoms with van der Waals surface area (Å²) in [5.41, 5.74) is 0.143. The van der Waals surface area contributed by atoms with Gasteiger partial charge in [0.25, 0.3) is 0 Å². The zero-order valence-corrected chi connectivity index (χ0v) is 9.15. The van der Waals surface area contributed by atoms with Gasteiger partial charge in [-0.2, -0.15) is 5.26 Å². The van der Waals surface area contributed by atoms with E-state index in [0.29, 0.717) is 6.42 Å². The number of aliphatic hydroxyl groups is 1. The number of rotatable bonds is 2. The Morgan fingerprint density at radius 3 is 2.00 bits per heavy atom. The van der Waals surface area contributed by atoms with Gasteiger partial charge in [0.15, 0.2) is 0 Å². The maximum Gasteiger partial charge on any atom is 0.0726 e. The summed E-state index contributed by atoms with van der Waals surface area (Å²) in [5, 5.41) is 18.9. The third-order valence-electron chi connectivity index (χ3n) is 5.08. The molecule has 0 amide bonds. The summed E-state index contributed by atoms with van der Waals surface area (Å²) in [7, 11) is 0. The molecular weight excluding hydrogens is 186 g/mol. The zero-order chi connectivity index (χ0) is 10.5. The van der Waals surface area contributed by atoms with Crippen molar-refractivity contribution in [1.29, 1.82) is 5.26 Å². The molecule has 0 aromatic carbocycles. The standard InChI is InChI=1S/C13H19NO/c14-2-1-12(15)13-6-9-3-10(7-13)5-11(4-9)8-13/h9-12,15H,1,3-8H2. The quantitative estimate of drug-likeness (QED) is 0.752. The topological polar surface area (TPSA) is 44.0 Å². The van der Waals surface area contributed by atoms with Crippen molar-refractivity contribution in [2.75, 3.05) is 0 Å². The lowest BCUT2D eigenvalue weighted by atomic mass is 9.48. The zero-order valence-electron chi connectivity index (χ0n) is 9.15. The van der Waals surface area contributed by atoms with Crippen LogP contribution < -0.4 is 0 Å². The van der Waals surface area contributed by atoms with Crippen LogP contribution in [0.4, 0.5) is 0 Å². The van der Waals surface area contributed by atoms with E-state index in [1.807, 2.05) is 0 Å². The molecule has 4 aliphatic rings. The molecule has 0 spiro atoms. The molecule has 2 nitrogen and oxygen atoms in total. The Kier molecular flexibility index (Phi) is 2.07. The van der Waals surface area contributed by atoms with Crippen LogP contribution in [0.5, 0.6) is 0 Å². The minimum absolute atomic E-state index is 0.143. The van der Waals surface area contributed by atoms with Crippen LogP contribution in [-0.4, -0.2) is 11.2 Å². The van der Waals surface area contributed by atoms with Crippen molar-refractivity contribution >= 4 is 0 Å². The Morgan fingerprint density at radius 2 is 1.60 bits per heavy atom. The van der Waals surface area contributed by atoms with Gasteiger partial charge in [-0.3, -0.25) is 0 Å². The molecule has 0 saturated heterocycles. The van der Waals surface area contributed by atoms with Gasteiger partial charge in [-0.1, -0.05) is 0 Å². The second-order valence-electron chi connectivity index (χ2n) is 6.16. The maximum absolute atomic E-state index is 10.2. The molecule has 1 unspecified atom stereocenters. The van der Waals surface area contributed by atoms with Crippen LogP contribution in [0, 0.1) is 34.5 Å². The van der Waals surface area contributed by atoms with Gasteiger partial charge in [0.1, 0.15) is 0 Å². The highest BCUT2D eigenvalue weighted by Gasteiger charge is 2.53. The largest absolute Gasteiger partial charge is 0.391 e. The molecule has 15 heavy (non-hydrogen) atoms. The van der Waals surface area contributed by atoms with Crippen LogP contribution >= 0.6 is 0 Å². The Bertz CT molecular complexity index is 269. The molecule has 82 valence electrons. The van der Waals surface area contributed by atoms with E-state index in [9.17, 15) is 5.11 Å². The molecule has 0 radical (unpaired) electrons. The van der Waals surface area contributed by atoms with Crippen LogP contribution in [-0.2, 0) is 0 Å². The highest BCUT2D eigenvalue weighted by molar-refractivity contribution is 5.05. The van der Waals surface area contributed by atoms with Gasteiger partial charge < -0.3 is 5.11 Å². The lowest BCUT2D eigenvalue weighted by molar-refractivity contribution is -0.118. The lowest BCUT2D eigenvalue weighted by Crippen LogP contribution is -2.51. The molecule has 4 saturated carbocycles. The van der Waals surface area contributed by atoms with Crippen molar-refractivity contribution in [1.82, 2.24) is 0 Å². The Labute approximate surface area is 91.3 Å².